The van der Waals surface area contributed by atoms with Crippen molar-refractivity contribution >= 4 is 12.0 Å². The Morgan fingerprint density at radius 3 is 2.17 bits per heavy atom. The molecule has 0 aromatic heterocycles. The Labute approximate surface area is 139 Å². The highest BCUT2D eigenvalue weighted by atomic mass is 16.6. The van der Waals surface area contributed by atoms with Crippen LogP contribution in [0.15, 0.2) is 0 Å². The molecule has 1 N–H and O–H groups in total. The van der Waals surface area contributed by atoms with Crippen LogP contribution in [0, 0.1) is 17.8 Å². The van der Waals surface area contributed by atoms with E-state index in [1.165, 1.54) is 19.3 Å². The summed E-state index contributed by atoms with van der Waals surface area (Å²) in [6.45, 7) is 8.11. The summed E-state index contributed by atoms with van der Waals surface area (Å²) in [6.07, 6.45) is 5.71. The molecule has 4 bridgehead atoms. The molecule has 5 heteroatoms. The Bertz CT molecular complexity index is 471. The van der Waals surface area contributed by atoms with Crippen LogP contribution in [-0.2, 0) is 9.53 Å². The molecule has 130 valence electrons. The fourth-order valence-corrected chi connectivity index (χ4v) is 4.85. The van der Waals surface area contributed by atoms with Crippen LogP contribution in [0.3, 0.4) is 0 Å². The van der Waals surface area contributed by atoms with Gasteiger partial charge in [0.15, 0.2) is 0 Å². The lowest BCUT2D eigenvalue weighted by Gasteiger charge is -2.39. The Hall–Kier alpha value is -1.26. The van der Waals surface area contributed by atoms with E-state index in [0.717, 1.165) is 31.2 Å². The number of alkyl carbamates (subject to hydrolysis) is 1. The van der Waals surface area contributed by atoms with Gasteiger partial charge in [-0.15, -0.1) is 0 Å². The highest BCUT2D eigenvalue weighted by Crippen LogP contribution is 2.47. The average molecular weight is 322 g/mol. The summed E-state index contributed by atoms with van der Waals surface area (Å²) >= 11 is 0. The van der Waals surface area contributed by atoms with E-state index in [-0.39, 0.29) is 5.91 Å². The van der Waals surface area contributed by atoms with Crippen molar-refractivity contribution in [3.63, 3.8) is 0 Å². The number of carbonyl (C=O) groups excluding carboxylic acids is 2. The van der Waals surface area contributed by atoms with Gasteiger partial charge in [-0.25, -0.2) is 4.79 Å². The minimum absolute atomic E-state index is 0.0501. The standard InChI is InChI=1S/C18H30N2O3/c1-11(19-17(22)23-18(2,3)4)16(21)20-10-14-6-12-5-13(7-14)9-15(20)8-12/h11-15H,5-10H2,1-4H3,(H,19,22)/t11-,12?,13?,14?,15?/m1/s1. The molecule has 0 radical (unpaired) electrons. The van der Waals surface area contributed by atoms with Gasteiger partial charge in [-0.2, -0.15) is 0 Å². The summed E-state index contributed by atoms with van der Waals surface area (Å²) in [5, 5.41) is 2.70. The Balaban J connectivity index is 1.62. The first-order valence-corrected chi connectivity index (χ1v) is 9.01. The first-order chi connectivity index (χ1) is 10.7. The molecular weight excluding hydrogens is 292 g/mol. The van der Waals surface area contributed by atoms with Crippen molar-refractivity contribution in [3.8, 4) is 0 Å². The molecule has 2 amide bonds. The number of ether oxygens (including phenoxy) is 1. The van der Waals surface area contributed by atoms with Crippen molar-refractivity contribution < 1.29 is 14.3 Å². The molecule has 2 unspecified atom stereocenters. The summed E-state index contributed by atoms with van der Waals surface area (Å²) in [4.78, 5) is 26.8. The van der Waals surface area contributed by atoms with Crippen molar-refractivity contribution in [1.82, 2.24) is 10.2 Å². The first-order valence-electron chi connectivity index (χ1n) is 9.01. The van der Waals surface area contributed by atoms with Gasteiger partial charge < -0.3 is 15.0 Å². The van der Waals surface area contributed by atoms with Gasteiger partial charge in [0.05, 0.1) is 0 Å². The van der Waals surface area contributed by atoms with E-state index >= 15 is 0 Å². The largest absolute Gasteiger partial charge is 0.444 e. The van der Waals surface area contributed by atoms with Gasteiger partial charge in [0.2, 0.25) is 5.91 Å². The normalized spacial score (nSPS) is 34.0. The second-order valence-corrected chi connectivity index (χ2v) is 8.79. The lowest BCUT2D eigenvalue weighted by Crippen LogP contribution is -2.52. The van der Waals surface area contributed by atoms with Crippen LogP contribution in [0.1, 0.15) is 59.8 Å². The Kier molecular flexibility index (Phi) is 4.32. The van der Waals surface area contributed by atoms with Gasteiger partial charge in [-0.1, -0.05) is 0 Å². The monoisotopic (exact) mass is 322 g/mol. The molecule has 0 aromatic rings. The van der Waals surface area contributed by atoms with Crippen LogP contribution in [0.4, 0.5) is 4.79 Å². The van der Waals surface area contributed by atoms with E-state index in [4.69, 9.17) is 4.74 Å². The summed E-state index contributed by atoms with van der Waals surface area (Å²) in [5.41, 5.74) is -0.548. The van der Waals surface area contributed by atoms with Crippen LogP contribution in [0.25, 0.3) is 0 Å². The van der Waals surface area contributed by atoms with Gasteiger partial charge in [0, 0.05) is 12.6 Å². The third-order valence-corrected chi connectivity index (χ3v) is 5.49. The van der Waals surface area contributed by atoms with E-state index in [2.05, 4.69) is 10.2 Å². The van der Waals surface area contributed by atoms with Crippen LogP contribution in [0.2, 0.25) is 0 Å². The maximum Gasteiger partial charge on any atom is 0.408 e. The predicted octanol–water partition coefficient (Wildman–Crippen LogP) is 2.94. The highest BCUT2D eigenvalue weighted by Gasteiger charge is 2.44. The molecule has 4 aliphatic rings. The van der Waals surface area contributed by atoms with E-state index in [1.807, 2.05) is 20.8 Å². The Morgan fingerprint density at radius 2 is 1.61 bits per heavy atom. The quantitative estimate of drug-likeness (QED) is 0.850. The van der Waals surface area contributed by atoms with Gasteiger partial charge in [-0.05, 0) is 77.6 Å². The number of fused-ring (bicyclic) bond motifs is 1. The molecule has 23 heavy (non-hydrogen) atoms. The van der Waals surface area contributed by atoms with Crippen molar-refractivity contribution in [3.05, 3.63) is 0 Å². The van der Waals surface area contributed by atoms with Crippen molar-refractivity contribution in [2.24, 2.45) is 17.8 Å². The first kappa shape index (κ1) is 16.6. The van der Waals surface area contributed by atoms with Gasteiger partial charge in [0.1, 0.15) is 11.6 Å². The Morgan fingerprint density at radius 1 is 1.04 bits per heavy atom. The topological polar surface area (TPSA) is 58.6 Å². The second-order valence-electron chi connectivity index (χ2n) is 8.79. The molecule has 2 saturated carbocycles. The van der Waals surface area contributed by atoms with Crippen molar-refractivity contribution in [2.45, 2.75) is 77.5 Å². The fraction of sp³-hybridized carbons (Fsp3) is 0.889. The molecule has 2 heterocycles. The highest BCUT2D eigenvalue weighted by molar-refractivity contribution is 5.85. The number of hydrogen-bond donors (Lipinski definition) is 1. The lowest BCUT2D eigenvalue weighted by atomic mass is 9.68. The zero-order valence-corrected chi connectivity index (χ0v) is 14.8. The van der Waals surface area contributed by atoms with E-state index in [0.29, 0.717) is 12.0 Å². The smallest absolute Gasteiger partial charge is 0.408 e. The molecule has 2 aliphatic carbocycles. The molecule has 0 aromatic carbocycles. The van der Waals surface area contributed by atoms with Crippen LogP contribution in [0.5, 0.6) is 0 Å². The lowest BCUT2D eigenvalue weighted by molar-refractivity contribution is -0.136. The van der Waals surface area contributed by atoms with Crippen molar-refractivity contribution in [1.29, 1.82) is 0 Å². The van der Waals surface area contributed by atoms with E-state index < -0.39 is 17.7 Å². The number of nitrogens with one attached hydrogen (secondary N) is 1. The summed E-state index contributed by atoms with van der Waals surface area (Å²) in [5.74, 6) is 2.33. The predicted molar refractivity (Wildman–Crippen MR) is 87.9 cm³/mol. The maximum atomic E-state index is 12.9. The minimum atomic E-state index is -0.548. The van der Waals surface area contributed by atoms with Crippen LogP contribution < -0.4 is 5.32 Å². The van der Waals surface area contributed by atoms with Gasteiger partial charge in [-0.3, -0.25) is 4.79 Å². The zero-order chi connectivity index (χ0) is 16.8. The molecule has 5 nitrogen and oxygen atoms in total. The third-order valence-electron chi connectivity index (χ3n) is 5.49. The van der Waals surface area contributed by atoms with Crippen LogP contribution >= 0.6 is 0 Å². The van der Waals surface area contributed by atoms with Gasteiger partial charge >= 0.3 is 6.09 Å². The number of rotatable bonds is 2. The fourth-order valence-electron chi connectivity index (χ4n) is 4.85. The SMILES string of the molecule is C[C@@H](NC(=O)OC(C)(C)C)C(=O)N1CC2CC3CC(C2)CC1C3. The minimum Gasteiger partial charge on any atom is -0.444 e. The molecular formula is C18H30N2O3. The number of hydrogen-bond acceptors (Lipinski definition) is 3. The maximum absolute atomic E-state index is 12.9. The molecule has 2 saturated heterocycles. The van der Waals surface area contributed by atoms with Gasteiger partial charge in [0.25, 0.3) is 0 Å². The van der Waals surface area contributed by atoms with E-state index in [9.17, 15) is 9.59 Å². The molecule has 4 fully saturated rings. The van der Waals surface area contributed by atoms with Crippen LogP contribution in [-0.4, -0.2) is 41.1 Å². The van der Waals surface area contributed by atoms with E-state index in [1.54, 1.807) is 6.92 Å². The molecule has 2 aliphatic heterocycles. The second kappa shape index (κ2) is 5.99. The zero-order valence-electron chi connectivity index (χ0n) is 14.8. The summed E-state index contributed by atoms with van der Waals surface area (Å²) < 4.78 is 5.26. The molecule has 0 spiro atoms. The third kappa shape index (κ3) is 3.81. The van der Waals surface area contributed by atoms with Crippen molar-refractivity contribution in [2.75, 3.05) is 6.54 Å². The number of carbonyl (C=O) groups is 2. The average Bonchev–Trinajstić information content (AvgIpc) is 2.59. The molecule has 3 atom stereocenters. The number of nitrogens with zero attached hydrogens (tertiary/aromatic N) is 1. The molecule has 4 rings (SSSR count). The number of amides is 2. The summed E-state index contributed by atoms with van der Waals surface area (Å²) in [7, 11) is 0. The summed E-state index contributed by atoms with van der Waals surface area (Å²) in [6, 6.07) is -0.151.